The Labute approximate surface area is 109 Å². The molecule has 4 heteroatoms. The average Bonchev–Trinajstić information content (AvgIpc) is 3.11. The predicted octanol–water partition coefficient (Wildman–Crippen LogP) is 2.00. The molecule has 0 aromatic heterocycles. The molecule has 1 saturated carbocycles. The third-order valence-corrected chi connectivity index (χ3v) is 5.88. The summed E-state index contributed by atoms with van der Waals surface area (Å²) in [7, 11) is -2.99. The number of benzene rings is 1. The first-order chi connectivity index (χ1) is 8.49. The van der Waals surface area contributed by atoms with Crippen LogP contribution < -0.4 is 5.73 Å². The first-order valence-corrected chi connectivity index (χ1v) is 8.38. The lowest BCUT2D eigenvalue weighted by molar-refractivity contribution is 0.586. The number of unbranched alkanes of at least 4 members (excludes halogenated alkanes) is 1. The van der Waals surface area contributed by atoms with E-state index in [2.05, 4.69) is 12.1 Å². The van der Waals surface area contributed by atoms with Gasteiger partial charge in [0.1, 0.15) is 0 Å². The molecule has 1 aromatic rings. The van der Waals surface area contributed by atoms with Crippen molar-refractivity contribution in [1.82, 2.24) is 0 Å². The molecule has 0 unspecified atom stereocenters. The summed E-state index contributed by atoms with van der Waals surface area (Å²) in [6.45, 7) is 0.731. The maximum Gasteiger partial charge on any atom is 0.157 e. The molecule has 0 atom stereocenters. The molecule has 1 aromatic carbocycles. The molecule has 1 aliphatic rings. The molecule has 1 aliphatic carbocycles. The highest BCUT2D eigenvalue weighted by molar-refractivity contribution is 7.92. The quantitative estimate of drug-likeness (QED) is 0.802. The summed E-state index contributed by atoms with van der Waals surface area (Å²) in [4.78, 5) is 0. The molecule has 100 valence electrons. The molecular formula is C14H21NO2S. The van der Waals surface area contributed by atoms with E-state index in [4.69, 9.17) is 5.73 Å². The van der Waals surface area contributed by atoms with Gasteiger partial charge in [-0.25, -0.2) is 8.42 Å². The van der Waals surface area contributed by atoms with E-state index in [0.29, 0.717) is 0 Å². The van der Waals surface area contributed by atoms with Crippen molar-refractivity contribution in [3.63, 3.8) is 0 Å². The Morgan fingerprint density at radius 3 is 2.22 bits per heavy atom. The lowest BCUT2D eigenvalue weighted by atomic mass is 10.0. The van der Waals surface area contributed by atoms with Crippen molar-refractivity contribution < 1.29 is 8.42 Å². The first-order valence-electron chi connectivity index (χ1n) is 6.49. The summed E-state index contributed by atoms with van der Waals surface area (Å²) in [5, 5.41) is 0. The topological polar surface area (TPSA) is 60.2 Å². The van der Waals surface area contributed by atoms with Crippen LogP contribution in [0.5, 0.6) is 0 Å². The molecular weight excluding hydrogens is 246 g/mol. The van der Waals surface area contributed by atoms with Gasteiger partial charge < -0.3 is 5.73 Å². The van der Waals surface area contributed by atoms with Crippen LogP contribution in [0.15, 0.2) is 24.3 Å². The van der Waals surface area contributed by atoms with E-state index < -0.39 is 14.6 Å². The maximum absolute atomic E-state index is 11.8. The highest BCUT2D eigenvalue weighted by atomic mass is 32.2. The van der Waals surface area contributed by atoms with Crippen molar-refractivity contribution >= 4 is 9.84 Å². The standard InChI is InChI=1S/C14H21NO2S/c1-18(16,17)14(9-10-14)13-7-5-12(6-8-13)4-2-3-11-15/h5-8H,2-4,9-11,15H2,1H3. The van der Waals surface area contributed by atoms with Gasteiger partial charge in [-0.05, 0) is 49.8 Å². The number of sulfone groups is 1. The van der Waals surface area contributed by atoms with Crippen LogP contribution in [-0.2, 0) is 21.0 Å². The third-order valence-electron chi connectivity index (χ3n) is 3.81. The second kappa shape index (κ2) is 5.02. The summed E-state index contributed by atoms with van der Waals surface area (Å²) in [5.41, 5.74) is 7.68. The van der Waals surface area contributed by atoms with Gasteiger partial charge in [0.05, 0.1) is 4.75 Å². The van der Waals surface area contributed by atoms with Gasteiger partial charge in [-0.2, -0.15) is 0 Å². The number of nitrogens with two attached hydrogens (primary N) is 1. The molecule has 0 amide bonds. The smallest absolute Gasteiger partial charge is 0.157 e. The van der Waals surface area contributed by atoms with Gasteiger partial charge in [-0.3, -0.25) is 0 Å². The van der Waals surface area contributed by atoms with Crippen LogP contribution in [0.3, 0.4) is 0 Å². The van der Waals surface area contributed by atoms with E-state index in [1.807, 2.05) is 12.1 Å². The van der Waals surface area contributed by atoms with Crippen LogP contribution >= 0.6 is 0 Å². The van der Waals surface area contributed by atoms with Crippen molar-refractivity contribution in [1.29, 1.82) is 0 Å². The Kier molecular flexibility index (Phi) is 3.78. The summed E-state index contributed by atoms with van der Waals surface area (Å²) < 4.78 is 23.0. The van der Waals surface area contributed by atoms with Crippen LogP contribution in [-0.4, -0.2) is 21.2 Å². The number of rotatable bonds is 6. The van der Waals surface area contributed by atoms with E-state index in [9.17, 15) is 8.42 Å². The maximum atomic E-state index is 11.8. The van der Waals surface area contributed by atoms with Crippen LogP contribution in [0.1, 0.15) is 36.8 Å². The highest BCUT2D eigenvalue weighted by Gasteiger charge is 2.53. The Morgan fingerprint density at radius 2 is 1.78 bits per heavy atom. The van der Waals surface area contributed by atoms with Crippen LogP contribution in [0.2, 0.25) is 0 Å². The Morgan fingerprint density at radius 1 is 1.17 bits per heavy atom. The molecule has 0 radical (unpaired) electrons. The molecule has 0 bridgehead atoms. The fraction of sp³-hybridized carbons (Fsp3) is 0.571. The van der Waals surface area contributed by atoms with Gasteiger partial charge in [0.15, 0.2) is 9.84 Å². The Bertz CT molecular complexity index is 501. The molecule has 0 saturated heterocycles. The SMILES string of the molecule is CS(=O)(=O)C1(c2ccc(CCCCN)cc2)CC1. The zero-order chi connectivity index (χ0) is 13.2. The van der Waals surface area contributed by atoms with Crippen molar-refractivity contribution in [3.05, 3.63) is 35.4 Å². The second-order valence-corrected chi connectivity index (χ2v) is 7.53. The van der Waals surface area contributed by atoms with Crippen molar-refractivity contribution in [2.75, 3.05) is 12.8 Å². The summed E-state index contributed by atoms with van der Waals surface area (Å²) >= 11 is 0. The van der Waals surface area contributed by atoms with Gasteiger partial charge in [0, 0.05) is 6.26 Å². The lowest BCUT2D eigenvalue weighted by Gasteiger charge is -2.14. The fourth-order valence-corrected chi connectivity index (χ4v) is 3.84. The van der Waals surface area contributed by atoms with Crippen molar-refractivity contribution in [2.45, 2.75) is 36.9 Å². The van der Waals surface area contributed by atoms with E-state index >= 15 is 0 Å². The molecule has 0 spiro atoms. The van der Waals surface area contributed by atoms with E-state index in [1.54, 1.807) is 0 Å². The minimum atomic E-state index is -2.99. The van der Waals surface area contributed by atoms with E-state index in [0.717, 1.165) is 44.2 Å². The van der Waals surface area contributed by atoms with Crippen molar-refractivity contribution in [3.8, 4) is 0 Å². The van der Waals surface area contributed by atoms with Crippen LogP contribution in [0.25, 0.3) is 0 Å². The van der Waals surface area contributed by atoms with Crippen LogP contribution in [0.4, 0.5) is 0 Å². The Hall–Kier alpha value is -0.870. The highest BCUT2D eigenvalue weighted by Crippen LogP contribution is 2.52. The largest absolute Gasteiger partial charge is 0.330 e. The second-order valence-electron chi connectivity index (χ2n) is 5.21. The molecule has 18 heavy (non-hydrogen) atoms. The van der Waals surface area contributed by atoms with Gasteiger partial charge in [-0.1, -0.05) is 24.3 Å². The monoisotopic (exact) mass is 267 g/mol. The minimum absolute atomic E-state index is 0.581. The van der Waals surface area contributed by atoms with Gasteiger partial charge in [0.2, 0.25) is 0 Å². The number of hydrogen-bond donors (Lipinski definition) is 1. The lowest BCUT2D eigenvalue weighted by Crippen LogP contribution is -2.19. The molecule has 3 nitrogen and oxygen atoms in total. The zero-order valence-electron chi connectivity index (χ0n) is 10.9. The van der Waals surface area contributed by atoms with Gasteiger partial charge >= 0.3 is 0 Å². The zero-order valence-corrected chi connectivity index (χ0v) is 11.7. The molecule has 0 heterocycles. The summed E-state index contributed by atoms with van der Waals surface area (Å²) in [6, 6.07) is 8.06. The number of hydrogen-bond acceptors (Lipinski definition) is 3. The predicted molar refractivity (Wildman–Crippen MR) is 74.2 cm³/mol. The molecule has 0 aliphatic heterocycles. The minimum Gasteiger partial charge on any atom is -0.330 e. The fourth-order valence-electron chi connectivity index (χ4n) is 2.44. The molecule has 2 N–H and O–H groups in total. The summed E-state index contributed by atoms with van der Waals surface area (Å²) in [6.07, 6.45) is 6.01. The molecule has 2 rings (SSSR count). The van der Waals surface area contributed by atoms with Gasteiger partial charge in [-0.15, -0.1) is 0 Å². The molecule has 1 fully saturated rings. The third kappa shape index (κ3) is 2.59. The summed E-state index contributed by atoms with van der Waals surface area (Å²) in [5.74, 6) is 0. The van der Waals surface area contributed by atoms with E-state index in [1.165, 1.54) is 11.8 Å². The average molecular weight is 267 g/mol. The van der Waals surface area contributed by atoms with Crippen molar-refractivity contribution in [2.24, 2.45) is 5.73 Å². The normalized spacial score (nSPS) is 17.7. The van der Waals surface area contributed by atoms with E-state index in [-0.39, 0.29) is 0 Å². The number of aryl methyl sites for hydroxylation is 1. The van der Waals surface area contributed by atoms with Crippen LogP contribution in [0, 0.1) is 0 Å². The first kappa shape index (κ1) is 13.6. The van der Waals surface area contributed by atoms with Gasteiger partial charge in [0.25, 0.3) is 0 Å². The Balaban J connectivity index is 2.09.